The molecular weight excluding hydrogens is 338 g/mol. The van der Waals surface area contributed by atoms with Crippen molar-refractivity contribution in [1.82, 2.24) is 9.80 Å². The molecule has 1 aliphatic heterocycles. The fourth-order valence-electron chi connectivity index (χ4n) is 3.08. The first kappa shape index (κ1) is 18.3. The molecule has 1 aliphatic rings. The number of amides is 1. The summed E-state index contributed by atoms with van der Waals surface area (Å²) >= 11 is 0. The predicted octanol–water partition coefficient (Wildman–Crippen LogP) is 3.25. The van der Waals surface area contributed by atoms with E-state index in [0.717, 1.165) is 18.7 Å². The van der Waals surface area contributed by atoms with Crippen molar-refractivity contribution >= 4 is 5.91 Å². The van der Waals surface area contributed by atoms with Gasteiger partial charge in [0.15, 0.2) is 6.61 Å². The van der Waals surface area contributed by atoms with Crippen LogP contribution in [-0.4, -0.2) is 48.5 Å². The second-order valence-electron chi connectivity index (χ2n) is 6.39. The van der Waals surface area contributed by atoms with Crippen LogP contribution in [0.2, 0.25) is 0 Å². The summed E-state index contributed by atoms with van der Waals surface area (Å²) in [4.78, 5) is 16.3. The topological polar surface area (TPSA) is 32.8 Å². The van der Waals surface area contributed by atoms with E-state index in [0.29, 0.717) is 18.8 Å². The molecular formula is C20H22F2N2O2. The highest BCUT2D eigenvalue weighted by Gasteiger charge is 2.25. The Morgan fingerprint density at radius 3 is 2.08 bits per heavy atom. The van der Waals surface area contributed by atoms with Crippen LogP contribution in [0.4, 0.5) is 8.78 Å². The van der Waals surface area contributed by atoms with Gasteiger partial charge in [0, 0.05) is 32.2 Å². The zero-order chi connectivity index (χ0) is 18.5. The number of rotatable bonds is 5. The summed E-state index contributed by atoms with van der Waals surface area (Å²) < 4.78 is 31.3. The lowest BCUT2D eigenvalue weighted by Crippen LogP contribution is -2.50. The molecule has 1 saturated heterocycles. The molecule has 26 heavy (non-hydrogen) atoms. The minimum absolute atomic E-state index is 0.0564. The van der Waals surface area contributed by atoms with Gasteiger partial charge in [-0.05, 0) is 48.9 Å². The zero-order valence-electron chi connectivity index (χ0n) is 14.7. The Balaban J connectivity index is 1.47. The Morgan fingerprint density at radius 2 is 1.50 bits per heavy atom. The smallest absolute Gasteiger partial charge is 0.260 e. The highest BCUT2D eigenvalue weighted by molar-refractivity contribution is 5.77. The van der Waals surface area contributed by atoms with Gasteiger partial charge in [0.2, 0.25) is 0 Å². The van der Waals surface area contributed by atoms with Crippen molar-refractivity contribution in [1.29, 1.82) is 0 Å². The van der Waals surface area contributed by atoms with Gasteiger partial charge < -0.3 is 9.64 Å². The third-order valence-corrected chi connectivity index (χ3v) is 4.74. The number of hydrogen-bond donors (Lipinski definition) is 0. The molecule has 0 spiro atoms. The lowest BCUT2D eigenvalue weighted by Gasteiger charge is -2.38. The first-order valence-electron chi connectivity index (χ1n) is 8.68. The van der Waals surface area contributed by atoms with Crippen LogP contribution >= 0.6 is 0 Å². The van der Waals surface area contributed by atoms with Crippen LogP contribution in [0.3, 0.4) is 0 Å². The molecule has 6 heteroatoms. The van der Waals surface area contributed by atoms with Gasteiger partial charge in [-0.15, -0.1) is 0 Å². The normalized spacial score (nSPS) is 16.3. The number of carbonyl (C=O) groups excluding carboxylic acids is 1. The second kappa shape index (κ2) is 8.27. The van der Waals surface area contributed by atoms with Crippen LogP contribution < -0.4 is 4.74 Å². The Morgan fingerprint density at radius 1 is 0.962 bits per heavy atom. The van der Waals surface area contributed by atoms with Gasteiger partial charge in [-0.2, -0.15) is 0 Å². The molecule has 0 bridgehead atoms. The Hall–Kier alpha value is -2.47. The summed E-state index contributed by atoms with van der Waals surface area (Å²) in [6.45, 7) is 4.78. The summed E-state index contributed by atoms with van der Waals surface area (Å²) in [6.07, 6.45) is 0. The maximum atomic E-state index is 13.1. The average Bonchev–Trinajstić information content (AvgIpc) is 2.67. The van der Waals surface area contributed by atoms with E-state index in [-0.39, 0.29) is 30.2 Å². The zero-order valence-corrected chi connectivity index (χ0v) is 14.7. The molecule has 1 unspecified atom stereocenters. The van der Waals surface area contributed by atoms with Gasteiger partial charge in [-0.3, -0.25) is 9.69 Å². The molecule has 1 heterocycles. The number of benzene rings is 2. The number of ether oxygens (including phenoxy) is 1. The van der Waals surface area contributed by atoms with Gasteiger partial charge in [-0.25, -0.2) is 8.78 Å². The molecule has 0 saturated carbocycles. The van der Waals surface area contributed by atoms with E-state index in [2.05, 4.69) is 11.8 Å². The third-order valence-electron chi connectivity index (χ3n) is 4.74. The molecule has 2 aromatic carbocycles. The summed E-state index contributed by atoms with van der Waals surface area (Å²) in [5.74, 6) is -0.181. The van der Waals surface area contributed by atoms with E-state index in [4.69, 9.17) is 4.74 Å². The fraction of sp³-hybridized carbons (Fsp3) is 0.350. The molecule has 4 nitrogen and oxygen atoms in total. The van der Waals surface area contributed by atoms with E-state index < -0.39 is 0 Å². The van der Waals surface area contributed by atoms with Crippen molar-refractivity contribution in [2.24, 2.45) is 0 Å². The second-order valence-corrected chi connectivity index (χ2v) is 6.39. The van der Waals surface area contributed by atoms with Crippen molar-refractivity contribution in [3.63, 3.8) is 0 Å². The minimum atomic E-state index is -0.338. The molecule has 0 N–H and O–H groups in total. The van der Waals surface area contributed by atoms with Crippen LogP contribution in [0, 0.1) is 11.6 Å². The van der Waals surface area contributed by atoms with Crippen LogP contribution in [0.1, 0.15) is 18.5 Å². The molecule has 0 radical (unpaired) electrons. The monoisotopic (exact) mass is 360 g/mol. The number of piperazine rings is 1. The van der Waals surface area contributed by atoms with Crippen molar-refractivity contribution in [3.05, 3.63) is 65.7 Å². The third kappa shape index (κ3) is 4.58. The van der Waals surface area contributed by atoms with E-state index in [1.54, 1.807) is 17.0 Å². The standard InChI is InChI=1S/C20H22F2N2O2/c1-15(16-2-4-17(21)5-3-16)23-10-12-24(13-11-23)20(25)14-26-19-8-6-18(22)7-9-19/h2-9,15H,10-14H2,1H3. The molecule has 138 valence electrons. The molecule has 3 rings (SSSR count). The lowest BCUT2D eigenvalue weighted by molar-refractivity contribution is -0.135. The maximum Gasteiger partial charge on any atom is 0.260 e. The number of hydrogen-bond acceptors (Lipinski definition) is 3. The fourth-order valence-corrected chi connectivity index (χ4v) is 3.08. The first-order valence-corrected chi connectivity index (χ1v) is 8.68. The molecule has 1 fully saturated rings. The largest absolute Gasteiger partial charge is 0.484 e. The van der Waals surface area contributed by atoms with Crippen LogP contribution in [0.5, 0.6) is 5.75 Å². The summed E-state index contributed by atoms with van der Waals surface area (Å²) in [5, 5.41) is 0. The van der Waals surface area contributed by atoms with Gasteiger partial charge in [-0.1, -0.05) is 12.1 Å². The van der Waals surface area contributed by atoms with Crippen LogP contribution in [0.25, 0.3) is 0 Å². The van der Waals surface area contributed by atoms with Crippen LogP contribution in [-0.2, 0) is 4.79 Å². The molecule has 1 amide bonds. The Labute approximate surface area is 152 Å². The molecule has 0 aromatic heterocycles. The SMILES string of the molecule is CC(c1ccc(F)cc1)N1CCN(C(=O)COc2ccc(F)cc2)CC1. The summed E-state index contributed by atoms with van der Waals surface area (Å²) in [5.41, 5.74) is 1.06. The maximum absolute atomic E-state index is 13.1. The quantitative estimate of drug-likeness (QED) is 0.821. The molecule has 0 aliphatic carbocycles. The first-order chi connectivity index (χ1) is 12.5. The van der Waals surface area contributed by atoms with Gasteiger partial charge in [0.25, 0.3) is 5.91 Å². The predicted molar refractivity (Wildman–Crippen MR) is 94.9 cm³/mol. The van der Waals surface area contributed by atoms with E-state index >= 15 is 0 Å². The number of carbonyl (C=O) groups is 1. The average molecular weight is 360 g/mol. The summed E-state index contributed by atoms with van der Waals surface area (Å²) in [7, 11) is 0. The molecule has 1 atom stereocenters. The minimum Gasteiger partial charge on any atom is -0.484 e. The van der Waals surface area contributed by atoms with Gasteiger partial charge >= 0.3 is 0 Å². The van der Waals surface area contributed by atoms with Crippen molar-refractivity contribution in [2.45, 2.75) is 13.0 Å². The van der Waals surface area contributed by atoms with E-state index in [9.17, 15) is 13.6 Å². The highest BCUT2D eigenvalue weighted by atomic mass is 19.1. The van der Waals surface area contributed by atoms with Gasteiger partial charge in [0.05, 0.1) is 0 Å². The van der Waals surface area contributed by atoms with E-state index in [1.165, 1.54) is 36.4 Å². The van der Waals surface area contributed by atoms with E-state index in [1.807, 2.05) is 0 Å². The Bertz CT molecular complexity index is 726. The van der Waals surface area contributed by atoms with Crippen molar-refractivity contribution < 1.29 is 18.3 Å². The highest BCUT2D eigenvalue weighted by Crippen LogP contribution is 2.22. The van der Waals surface area contributed by atoms with Crippen molar-refractivity contribution in [2.75, 3.05) is 32.8 Å². The number of nitrogens with zero attached hydrogens (tertiary/aromatic N) is 2. The Kier molecular flexibility index (Phi) is 5.83. The molecule has 2 aromatic rings. The van der Waals surface area contributed by atoms with Gasteiger partial charge in [0.1, 0.15) is 17.4 Å². The summed E-state index contributed by atoms with van der Waals surface area (Å²) in [6, 6.07) is 12.3. The van der Waals surface area contributed by atoms with Crippen LogP contribution in [0.15, 0.2) is 48.5 Å². The number of halogens is 2. The van der Waals surface area contributed by atoms with Crippen molar-refractivity contribution in [3.8, 4) is 5.75 Å². The lowest BCUT2D eigenvalue weighted by atomic mass is 10.1.